The number of hydrogen-bond acceptors (Lipinski definition) is 5. The molecule has 1 saturated heterocycles. The number of hydrogen-bond donors (Lipinski definition) is 1. The van der Waals surface area contributed by atoms with Gasteiger partial charge in [-0.2, -0.15) is 0 Å². The molecule has 0 radical (unpaired) electrons. The number of piperazine rings is 1. The third-order valence-electron chi connectivity index (χ3n) is 9.18. The highest BCUT2D eigenvalue weighted by molar-refractivity contribution is 6.09. The Bertz CT molecular complexity index is 1610. The Balaban J connectivity index is 1.08. The van der Waals surface area contributed by atoms with Gasteiger partial charge in [0.1, 0.15) is 5.75 Å². The van der Waals surface area contributed by atoms with Gasteiger partial charge in [-0.15, -0.1) is 0 Å². The van der Waals surface area contributed by atoms with Crippen molar-refractivity contribution in [3.8, 4) is 16.9 Å². The first-order valence-corrected chi connectivity index (χ1v) is 17.4. The van der Waals surface area contributed by atoms with Gasteiger partial charge in [-0.3, -0.25) is 9.59 Å². The number of carbonyl (C=O) groups excluding carboxylic acids is 2. The monoisotopic (exact) mass is 646 g/mol. The Morgan fingerprint density at radius 2 is 1.40 bits per heavy atom. The fraction of sp³-hybridized carbons (Fsp3) is 0.366. The normalized spacial score (nSPS) is 13.6. The summed E-state index contributed by atoms with van der Waals surface area (Å²) in [5, 5.41) is 2.99. The number of rotatable bonds is 15. The largest absolute Gasteiger partial charge is 0.491 e. The van der Waals surface area contributed by atoms with Crippen LogP contribution in [-0.2, 0) is 0 Å². The predicted molar refractivity (Wildman–Crippen MR) is 197 cm³/mol. The number of benzene rings is 4. The molecule has 7 nitrogen and oxygen atoms in total. The van der Waals surface area contributed by atoms with Crippen molar-refractivity contribution >= 4 is 23.2 Å². The van der Waals surface area contributed by atoms with E-state index in [0.717, 1.165) is 29.7 Å². The Labute approximate surface area is 286 Å². The summed E-state index contributed by atoms with van der Waals surface area (Å²) in [5.74, 6) is 0.358. The van der Waals surface area contributed by atoms with Gasteiger partial charge in [0, 0.05) is 50.0 Å². The number of ether oxygens (including phenoxy) is 1. The molecule has 0 spiro atoms. The third kappa shape index (κ3) is 9.78. The van der Waals surface area contributed by atoms with Crippen LogP contribution in [0.3, 0.4) is 0 Å². The molecule has 0 saturated carbocycles. The molecule has 1 aliphatic heterocycles. The molecule has 7 heteroatoms. The first-order chi connectivity index (χ1) is 23.4. The summed E-state index contributed by atoms with van der Waals surface area (Å²) in [6, 6.07) is 30.4. The van der Waals surface area contributed by atoms with E-state index in [1.807, 2.05) is 79.7 Å². The summed E-state index contributed by atoms with van der Waals surface area (Å²) in [5.41, 5.74) is 5.50. The third-order valence-corrected chi connectivity index (χ3v) is 9.18. The highest BCUT2D eigenvalue weighted by Crippen LogP contribution is 2.29. The lowest BCUT2D eigenvalue weighted by atomic mass is 9.98. The van der Waals surface area contributed by atoms with Crippen LogP contribution in [0, 0.1) is 6.92 Å². The van der Waals surface area contributed by atoms with Gasteiger partial charge in [-0.1, -0.05) is 85.8 Å². The molecule has 0 aromatic heterocycles. The minimum absolute atomic E-state index is 0.148. The number of carbonyl (C=O) groups is 2. The Kier molecular flexibility index (Phi) is 12.8. The zero-order valence-corrected chi connectivity index (χ0v) is 28.8. The number of para-hydroxylation sites is 2. The number of nitrogens with zero attached hydrogens (tertiary/aromatic N) is 3. The van der Waals surface area contributed by atoms with Gasteiger partial charge in [0.05, 0.1) is 12.3 Å². The van der Waals surface area contributed by atoms with E-state index >= 15 is 0 Å². The summed E-state index contributed by atoms with van der Waals surface area (Å²) in [7, 11) is 3.97. The van der Waals surface area contributed by atoms with Gasteiger partial charge in [0.25, 0.3) is 11.8 Å². The van der Waals surface area contributed by atoms with Crippen molar-refractivity contribution < 1.29 is 14.3 Å². The average molecular weight is 647 g/mol. The van der Waals surface area contributed by atoms with Gasteiger partial charge in [0.15, 0.2) is 0 Å². The molecule has 4 aromatic rings. The molecular formula is C41H50N4O3. The van der Waals surface area contributed by atoms with Crippen molar-refractivity contribution in [2.24, 2.45) is 0 Å². The summed E-state index contributed by atoms with van der Waals surface area (Å²) in [6.45, 7) is 8.68. The van der Waals surface area contributed by atoms with Crippen LogP contribution in [0.1, 0.15) is 64.8 Å². The first kappa shape index (κ1) is 34.9. The molecule has 0 atom stereocenters. The average Bonchev–Trinajstić information content (AvgIpc) is 3.12. The van der Waals surface area contributed by atoms with Gasteiger partial charge in [-0.05, 0) is 86.9 Å². The van der Waals surface area contributed by atoms with Gasteiger partial charge in [-0.25, -0.2) is 0 Å². The lowest BCUT2D eigenvalue weighted by molar-refractivity contribution is 0.0990. The van der Waals surface area contributed by atoms with E-state index in [4.69, 9.17) is 4.74 Å². The summed E-state index contributed by atoms with van der Waals surface area (Å²) in [6.07, 6.45) is 7.21. The van der Waals surface area contributed by atoms with Crippen molar-refractivity contribution in [1.82, 2.24) is 9.80 Å². The van der Waals surface area contributed by atoms with Crippen molar-refractivity contribution in [3.05, 3.63) is 114 Å². The van der Waals surface area contributed by atoms with Crippen LogP contribution < -0.4 is 15.0 Å². The number of likely N-dealkylation sites (N-methyl/N-ethyl adjacent to an activating group) is 1. The molecule has 48 heavy (non-hydrogen) atoms. The van der Waals surface area contributed by atoms with Gasteiger partial charge in [0.2, 0.25) is 0 Å². The smallest absolute Gasteiger partial charge is 0.258 e. The molecule has 1 heterocycles. The van der Waals surface area contributed by atoms with Gasteiger partial charge >= 0.3 is 0 Å². The number of amides is 2. The SMILES string of the molecule is Cc1ccc(-c2ccccc2C(=O)Nc2ccc(C(=O)N(C)c3ccccc3OCCCCCCCCN3CCN(C)CC3)cc2)cc1. The highest BCUT2D eigenvalue weighted by Gasteiger charge is 2.18. The maximum atomic E-state index is 13.5. The zero-order valence-electron chi connectivity index (χ0n) is 28.8. The standard InChI is InChI=1S/C41H50N4O3/c1-32-18-20-33(21-19-32)36-14-8-9-15-37(36)40(46)42-35-24-22-34(23-25-35)41(47)44(3)38-16-10-11-17-39(38)48-31-13-7-5-4-6-12-26-45-29-27-43(2)28-30-45/h8-11,14-25H,4-7,12-13,26-31H2,1-3H3,(H,42,46). The Morgan fingerprint density at radius 1 is 0.750 bits per heavy atom. The van der Waals surface area contributed by atoms with Crippen LogP contribution in [0.5, 0.6) is 5.75 Å². The van der Waals surface area contributed by atoms with Crippen LogP contribution >= 0.6 is 0 Å². The maximum absolute atomic E-state index is 13.5. The zero-order chi connectivity index (χ0) is 33.7. The van der Waals surface area contributed by atoms with Crippen molar-refractivity contribution in [2.45, 2.75) is 45.4 Å². The van der Waals surface area contributed by atoms with E-state index in [2.05, 4.69) is 22.2 Å². The molecule has 0 bridgehead atoms. The van der Waals surface area contributed by atoms with Crippen molar-refractivity contribution in [2.75, 3.05) is 63.6 Å². The fourth-order valence-corrected chi connectivity index (χ4v) is 6.12. The number of aryl methyl sites for hydroxylation is 1. The van der Waals surface area contributed by atoms with Crippen LogP contribution in [0.25, 0.3) is 11.1 Å². The molecule has 252 valence electrons. The minimum Gasteiger partial charge on any atom is -0.491 e. The summed E-state index contributed by atoms with van der Waals surface area (Å²) < 4.78 is 6.16. The van der Waals surface area contributed by atoms with E-state index in [1.54, 1.807) is 36.2 Å². The second-order valence-corrected chi connectivity index (χ2v) is 12.9. The molecule has 1 aliphatic rings. The molecule has 0 unspecified atom stereocenters. The quantitative estimate of drug-likeness (QED) is 0.132. The summed E-state index contributed by atoms with van der Waals surface area (Å²) >= 11 is 0. The highest BCUT2D eigenvalue weighted by atomic mass is 16.5. The van der Waals surface area contributed by atoms with E-state index < -0.39 is 0 Å². The van der Waals surface area contributed by atoms with Crippen molar-refractivity contribution in [1.29, 1.82) is 0 Å². The van der Waals surface area contributed by atoms with E-state index in [-0.39, 0.29) is 11.8 Å². The van der Waals surface area contributed by atoms with Crippen LogP contribution in [-0.4, -0.2) is 75.0 Å². The maximum Gasteiger partial charge on any atom is 0.258 e. The van der Waals surface area contributed by atoms with E-state index in [1.165, 1.54) is 64.0 Å². The molecule has 4 aromatic carbocycles. The fourth-order valence-electron chi connectivity index (χ4n) is 6.12. The predicted octanol–water partition coefficient (Wildman–Crippen LogP) is 8.16. The molecule has 0 aliphatic carbocycles. The molecule has 2 amide bonds. The van der Waals surface area contributed by atoms with Gasteiger partial charge < -0.3 is 24.8 Å². The first-order valence-electron chi connectivity index (χ1n) is 17.4. The second-order valence-electron chi connectivity index (χ2n) is 12.9. The van der Waals surface area contributed by atoms with E-state index in [0.29, 0.717) is 29.2 Å². The lowest BCUT2D eigenvalue weighted by Crippen LogP contribution is -2.44. The minimum atomic E-state index is -0.199. The van der Waals surface area contributed by atoms with Crippen LogP contribution in [0.2, 0.25) is 0 Å². The molecule has 5 rings (SSSR count). The van der Waals surface area contributed by atoms with Crippen LogP contribution in [0.15, 0.2) is 97.1 Å². The molecular weight excluding hydrogens is 596 g/mol. The Morgan fingerprint density at radius 3 is 2.15 bits per heavy atom. The Hall–Kier alpha value is -4.46. The lowest BCUT2D eigenvalue weighted by Gasteiger charge is -2.32. The van der Waals surface area contributed by atoms with Crippen molar-refractivity contribution in [3.63, 3.8) is 0 Å². The second kappa shape index (κ2) is 17.6. The molecule has 1 fully saturated rings. The summed E-state index contributed by atoms with van der Waals surface area (Å²) in [4.78, 5) is 33.4. The van der Waals surface area contributed by atoms with Crippen LogP contribution in [0.4, 0.5) is 11.4 Å². The molecule has 1 N–H and O–H groups in total. The van der Waals surface area contributed by atoms with E-state index in [9.17, 15) is 9.59 Å². The number of nitrogens with one attached hydrogen (secondary N) is 1. The number of anilines is 2. The topological polar surface area (TPSA) is 65.1 Å². The number of unbranched alkanes of at least 4 members (excludes halogenated alkanes) is 5.